The molecule has 0 saturated heterocycles. The van der Waals surface area contributed by atoms with Crippen LogP contribution in [0.1, 0.15) is 57.2 Å². The second-order valence-electron chi connectivity index (χ2n) is 5.88. The fourth-order valence-electron chi connectivity index (χ4n) is 2.45. The fourth-order valence-corrected chi connectivity index (χ4v) is 3.94. The molecule has 0 spiro atoms. The zero-order valence-electron chi connectivity index (χ0n) is 17.0. The van der Waals surface area contributed by atoms with Gasteiger partial charge in [-0.25, -0.2) is 0 Å². The van der Waals surface area contributed by atoms with Gasteiger partial charge in [0.05, 0.1) is 4.90 Å². The Labute approximate surface area is 163 Å². The highest BCUT2D eigenvalue weighted by atomic mass is 32.2. The lowest BCUT2D eigenvalue weighted by Gasteiger charge is -2.14. The molecule has 0 amide bonds. The Morgan fingerprint density at radius 2 is 1.22 bits per heavy atom. The van der Waals surface area contributed by atoms with E-state index >= 15 is 0 Å². The maximum absolute atomic E-state index is 11.5. The predicted octanol–water partition coefficient (Wildman–Crippen LogP) is 5.09. The van der Waals surface area contributed by atoms with Gasteiger partial charge >= 0.3 is 0 Å². The first kappa shape index (κ1) is 25.5. The molecule has 2 N–H and O–H groups in total. The Kier molecular flexibility index (Phi) is 9.61. The largest absolute Gasteiger partial charge is 0.295 e. The van der Waals surface area contributed by atoms with Crippen molar-refractivity contribution in [3.8, 4) is 0 Å². The number of fused-ring (bicyclic) bond motifs is 1. The van der Waals surface area contributed by atoms with E-state index in [2.05, 4.69) is 13.8 Å². The highest BCUT2D eigenvalue weighted by molar-refractivity contribution is 7.86. The molecule has 0 radical (unpaired) electrons. The molecule has 2 aromatic rings. The lowest BCUT2D eigenvalue weighted by atomic mass is 9.97. The van der Waals surface area contributed by atoms with Crippen LogP contribution in [0.3, 0.4) is 0 Å². The fraction of sp³-hybridized carbons (Fsp3) is 0.474. The average molecular weight is 419 g/mol. The maximum Gasteiger partial charge on any atom is 0.295 e. The minimum absolute atomic E-state index is 0.0632. The van der Waals surface area contributed by atoms with Crippen molar-refractivity contribution in [3.63, 3.8) is 0 Å². The Morgan fingerprint density at radius 1 is 0.778 bits per heavy atom. The van der Waals surface area contributed by atoms with Crippen molar-refractivity contribution >= 4 is 31.0 Å². The van der Waals surface area contributed by atoms with Gasteiger partial charge in [0.2, 0.25) is 0 Å². The summed E-state index contributed by atoms with van der Waals surface area (Å²) in [6.45, 7) is 13.3. The number of aryl methyl sites for hydroxylation is 2. The summed E-state index contributed by atoms with van der Waals surface area (Å²) < 4.78 is 64.4. The number of unbranched alkanes of at least 4 members (excludes halogenated alkanes) is 1. The molecule has 0 saturated carbocycles. The second-order valence-corrected chi connectivity index (χ2v) is 8.66. The standard InChI is InChI=1S/C13H14O6S2.C4H10.C2H6/c1-7-4-5-11(20(14,15)16)10-6-12(21(17,18)19)8(2)9(3)13(7)10;1-3-4-2;1-2/h4-6H,1-3H3,(H,14,15,16)(H,17,18,19);3-4H2,1-2H3;1-2H3. The van der Waals surface area contributed by atoms with Gasteiger partial charge in [0, 0.05) is 5.39 Å². The molecule has 2 aromatic carbocycles. The minimum Gasteiger partial charge on any atom is -0.282 e. The van der Waals surface area contributed by atoms with E-state index in [0.717, 1.165) is 11.6 Å². The first-order valence-corrected chi connectivity index (χ1v) is 11.7. The van der Waals surface area contributed by atoms with Gasteiger partial charge in [-0.2, -0.15) is 16.8 Å². The van der Waals surface area contributed by atoms with Crippen LogP contribution in [0.2, 0.25) is 0 Å². The van der Waals surface area contributed by atoms with E-state index in [1.807, 2.05) is 13.8 Å². The molecule has 0 atom stereocenters. The topological polar surface area (TPSA) is 109 Å². The van der Waals surface area contributed by atoms with Gasteiger partial charge in [-0.1, -0.05) is 46.6 Å². The molecule has 0 unspecified atom stereocenters. The summed E-state index contributed by atoms with van der Waals surface area (Å²) >= 11 is 0. The van der Waals surface area contributed by atoms with Crippen molar-refractivity contribution < 1.29 is 25.9 Å². The van der Waals surface area contributed by atoms with Crippen LogP contribution in [0.4, 0.5) is 0 Å². The third kappa shape index (κ3) is 6.27. The lowest BCUT2D eigenvalue weighted by molar-refractivity contribution is 0.480. The second kappa shape index (κ2) is 10.2. The van der Waals surface area contributed by atoms with E-state index in [0.29, 0.717) is 16.5 Å². The lowest BCUT2D eigenvalue weighted by Crippen LogP contribution is -2.06. The van der Waals surface area contributed by atoms with E-state index in [-0.39, 0.29) is 10.3 Å². The highest BCUT2D eigenvalue weighted by Crippen LogP contribution is 2.33. The first-order chi connectivity index (χ1) is 12.4. The third-order valence-corrected chi connectivity index (χ3v) is 5.94. The van der Waals surface area contributed by atoms with Crippen molar-refractivity contribution in [1.82, 2.24) is 0 Å². The molecule has 0 fully saturated rings. The normalized spacial score (nSPS) is 11.3. The van der Waals surface area contributed by atoms with Gasteiger partial charge in [0.15, 0.2) is 0 Å². The van der Waals surface area contributed by atoms with Gasteiger partial charge in [0.25, 0.3) is 20.2 Å². The Morgan fingerprint density at radius 3 is 1.59 bits per heavy atom. The Hall–Kier alpha value is -1.48. The molecule has 0 aliphatic rings. The van der Waals surface area contributed by atoms with Crippen LogP contribution in [0, 0.1) is 20.8 Å². The SMILES string of the molecule is CC.CCCC.Cc1c(S(=O)(=O)O)cc2c(S(=O)(=O)O)ccc(C)c2c1C. The molecule has 0 aliphatic heterocycles. The number of hydrogen-bond acceptors (Lipinski definition) is 4. The van der Waals surface area contributed by atoms with Crippen molar-refractivity contribution in [3.05, 3.63) is 34.9 Å². The Bertz CT molecular complexity index is 989. The van der Waals surface area contributed by atoms with Gasteiger partial charge in [0.1, 0.15) is 4.90 Å². The van der Waals surface area contributed by atoms with Crippen molar-refractivity contribution in [2.75, 3.05) is 0 Å². The van der Waals surface area contributed by atoms with Gasteiger partial charge in [-0.05, 0) is 55.0 Å². The summed E-state index contributed by atoms with van der Waals surface area (Å²) in [6.07, 6.45) is 2.64. The van der Waals surface area contributed by atoms with Crippen LogP contribution >= 0.6 is 0 Å². The monoisotopic (exact) mass is 418 g/mol. The van der Waals surface area contributed by atoms with E-state index in [9.17, 15) is 25.9 Å². The molecular formula is C19H30O6S2. The minimum atomic E-state index is -4.51. The number of benzene rings is 2. The van der Waals surface area contributed by atoms with Crippen LogP contribution in [0.15, 0.2) is 28.0 Å². The van der Waals surface area contributed by atoms with E-state index < -0.39 is 25.1 Å². The van der Waals surface area contributed by atoms with E-state index in [1.165, 1.54) is 31.9 Å². The molecule has 2 rings (SSSR count). The van der Waals surface area contributed by atoms with E-state index in [4.69, 9.17) is 0 Å². The third-order valence-electron chi connectivity index (χ3n) is 4.05. The molecular weight excluding hydrogens is 388 g/mol. The van der Waals surface area contributed by atoms with Gasteiger partial charge in [-0.15, -0.1) is 0 Å². The summed E-state index contributed by atoms with van der Waals surface area (Å²) in [5.41, 5.74) is 1.60. The van der Waals surface area contributed by atoms with Crippen LogP contribution in [-0.4, -0.2) is 25.9 Å². The predicted molar refractivity (Wildman–Crippen MR) is 110 cm³/mol. The van der Waals surface area contributed by atoms with Gasteiger partial charge in [-0.3, -0.25) is 9.11 Å². The summed E-state index contributed by atoms with van der Waals surface area (Å²) in [6, 6.07) is 3.81. The number of rotatable bonds is 3. The average Bonchev–Trinajstić information content (AvgIpc) is 2.57. The van der Waals surface area contributed by atoms with Crippen LogP contribution < -0.4 is 0 Å². The van der Waals surface area contributed by atoms with E-state index in [1.54, 1.807) is 13.8 Å². The molecule has 0 aliphatic carbocycles. The summed E-state index contributed by atoms with van der Waals surface area (Å²) in [7, 11) is -9.01. The van der Waals surface area contributed by atoms with Crippen molar-refractivity contribution in [1.29, 1.82) is 0 Å². The molecule has 27 heavy (non-hydrogen) atoms. The number of hydrogen-bond donors (Lipinski definition) is 2. The summed E-state index contributed by atoms with van der Waals surface area (Å²) in [5, 5.41) is 0.600. The van der Waals surface area contributed by atoms with Crippen LogP contribution in [-0.2, 0) is 20.2 Å². The molecule has 6 nitrogen and oxygen atoms in total. The molecule has 0 bridgehead atoms. The Balaban J connectivity index is 0.000000998. The molecule has 0 heterocycles. The highest BCUT2D eigenvalue weighted by Gasteiger charge is 2.22. The molecule has 8 heteroatoms. The molecule has 154 valence electrons. The van der Waals surface area contributed by atoms with Gasteiger partial charge < -0.3 is 0 Å². The van der Waals surface area contributed by atoms with Crippen LogP contribution in [0.25, 0.3) is 10.8 Å². The molecule has 0 aromatic heterocycles. The summed E-state index contributed by atoms with van der Waals surface area (Å²) in [4.78, 5) is -0.765. The zero-order chi connectivity index (χ0) is 21.6. The summed E-state index contributed by atoms with van der Waals surface area (Å²) in [5.74, 6) is 0. The smallest absolute Gasteiger partial charge is 0.282 e. The van der Waals surface area contributed by atoms with Crippen molar-refractivity contribution in [2.45, 2.75) is 71.1 Å². The van der Waals surface area contributed by atoms with Crippen LogP contribution in [0.5, 0.6) is 0 Å². The van der Waals surface area contributed by atoms with Crippen molar-refractivity contribution in [2.24, 2.45) is 0 Å². The maximum atomic E-state index is 11.5. The first-order valence-electron chi connectivity index (χ1n) is 8.84. The zero-order valence-corrected chi connectivity index (χ0v) is 18.6. The quantitative estimate of drug-likeness (QED) is 0.672.